The Bertz CT molecular complexity index is 1550. The molecule has 0 saturated heterocycles. The highest BCUT2D eigenvalue weighted by Gasteiger charge is 2.19. The number of allylic oxidation sites excluding steroid dienone is 21. The van der Waals surface area contributed by atoms with E-state index in [-0.39, 0.29) is 38.0 Å². The maximum atomic E-state index is 12.9. The lowest BCUT2D eigenvalue weighted by Crippen LogP contribution is -2.30. The first-order valence-corrected chi connectivity index (χ1v) is 28.7. The van der Waals surface area contributed by atoms with Gasteiger partial charge in [-0.3, -0.25) is 14.4 Å². The molecule has 0 aliphatic carbocycles. The Kier molecular flexibility index (Phi) is 54.5. The van der Waals surface area contributed by atoms with E-state index in [0.29, 0.717) is 12.8 Å². The minimum absolute atomic E-state index is 0.110. The van der Waals surface area contributed by atoms with E-state index in [2.05, 4.69) is 130 Å². The van der Waals surface area contributed by atoms with E-state index in [1.54, 1.807) is 6.08 Å². The number of ether oxygens (including phenoxy) is 3. The molecule has 0 N–H and O–H groups in total. The van der Waals surface area contributed by atoms with Gasteiger partial charge in [0.1, 0.15) is 13.2 Å². The van der Waals surface area contributed by atoms with E-state index in [1.165, 1.54) is 103 Å². The number of rotatable bonds is 50. The predicted molar refractivity (Wildman–Crippen MR) is 306 cm³/mol. The van der Waals surface area contributed by atoms with Gasteiger partial charge in [-0.15, -0.1) is 0 Å². The van der Waals surface area contributed by atoms with E-state index in [0.717, 1.165) is 89.9 Å². The SMILES string of the molecule is CC/C=C\C/C=C\C/C=C\C/C=C\C/C=C\C/C=C\CCC(=O)OCC(COC(=O)C/C=C\C/C=C\C/C=C\C/C=C\C/C=C\CC)OC(=O)CCCCCCCCCCCCCCCCCCCCC. The van der Waals surface area contributed by atoms with Crippen molar-refractivity contribution in [2.75, 3.05) is 13.2 Å². The molecule has 0 aromatic carbocycles. The van der Waals surface area contributed by atoms with Crippen LogP contribution in [0.1, 0.15) is 239 Å². The fourth-order valence-corrected chi connectivity index (χ4v) is 7.48. The quantitative estimate of drug-likeness (QED) is 0.0262. The predicted octanol–water partition coefficient (Wildman–Crippen LogP) is 19.4. The fourth-order valence-electron chi connectivity index (χ4n) is 7.48. The first-order valence-electron chi connectivity index (χ1n) is 28.7. The van der Waals surface area contributed by atoms with Crippen molar-refractivity contribution in [1.29, 1.82) is 0 Å². The molecule has 1 atom stereocenters. The largest absolute Gasteiger partial charge is 0.462 e. The van der Waals surface area contributed by atoms with Crippen molar-refractivity contribution >= 4 is 17.9 Å². The van der Waals surface area contributed by atoms with Crippen LogP contribution in [0.4, 0.5) is 0 Å². The average molecular weight is 982 g/mol. The lowest BCUT2D eigenvalue weighted by Gasteiger charge is -2.18. The average Bonchev–Trinajstić information content (AvgIpc) is 3.37. The standard InChI is InChI=1S/C65H104O6/c1-4-7-10-13-16-19-22-25-28-30-32-34-37-40-43-46-49-52-55-58-64(67)70-61-62(60-69-63(66)57-54-51-48-45-42-39-36-27-24-21-18-15-12-9-6-3)71-65(68)59-56-53-50-47-44-41-38-35-33-31-29-26-23-20-17-14-11-8-5-2/h7,9-10,12,16,18-19,21,25,27-28,32,34,36,40,42-43,45,49,51-52,54,62H,4-6,8,11,13-15,17,20,22-24,26,29-31,33,35,37-39,41,44,46-48,50,53,55-61H2,1-3H3/b10-7-,12-9-,19-16-,21-18-,28-25-,34-32-,36-27-,43-40-,45-42-,52-49-,54-51-. The van der Waals surface area contributed by atoms with Gasteiger partial charge in [0.2, 0.25) is 0 Å². The molecule has 0 radical (unpaired) electrons. The molecule has 0 bridgehead atoms. The van der Waals surface area contributed by atoms with Gasteiger partial charge in [0.15, 0.2) is 6.10 Å². The van der Waals surface area contributed by atoms with Gasteiger partial charge in [-0.2, -0.15) is 0 Å². The minimum Gasteiger partial charge on any atom is -0.462 e. The maximum absolute atomic E-state index is 12.9. The Morgan fingerprint density at radius 2 is 0.606 bits per heavy atom. The third-order valence-corrected chi connectivity index (χ3v) is 11.7. The summed E-state index contributed by atoms with van der Waals surface area (Å²) in [5.41, 5.74) is 0. The van der Waals surface area contributed by atoms with Crippen molar-refractivity contribution in [2.24, 2.45) is 0 Å². The van der Waals surface area contributed by atoms with Crippen LogP contribution in [0.5, 0.6) is 0 Å². The zero-order chi connectivity index (χ0) is 51.4. The van der Waals surface area contributed by atoms with Crippen LogP contribution in [0.15, 0.2) is 134 Å². The smallest absolute Gasteiger partial charge is 0.309 e. The van der Waals surface area contributed by atoms with Gasteiger partial charge in [0.05, 0.1) is 6.42 Å². The Morgan fingerprint density at radius 3 is 0.958 bits per heavy atom. The molecule has 0 saturated carbocycles. The van der Waals surface area contributed by atoms with Crippen molar-refractivity contribution in [3.8, 4) is 0 Å². The van der Waals surface area contributed by atoms with Gasteiger partial charge in [-0.25, -0.2) is 0 Å². The number of unbranched alkanes of at least 4 members (excludes halogenated alkanes) is 18. The summed E-state index contributed by atoms with van der Waals surface area (Å²) in [6.45, 7) is 6.26. The summed E-state index contributed by atoms with van der Waals surface area (Å²) >= 11 is 0. The molecule has 0 aromatic rings. The van der Waals surface area contributed by atoms with Crippen LogP contribution in [-0.4, -0.2) is 37.2 Å². The van der Waals surface area contributed by atoms with E-state index in [4.69, 9.17) is 14.2 Å². The molecule has 0 rings (SSSR count). The molecule has 400 valence electrons. The lowest BCUT2D eigenvalue weighted by atomic mass is 10.0. The van der Waals surface area contributed by atoms with Crippen LogP contribution in [0.2, 0.25) is 0 Å². The van der Waals surface area contributed by atoms with Crippen LogP contribution in [-0.2, 0) is 28.6 Å². The van der Waals surface area contributed by atoms with E-state index >= 15 is 0 Å². The highest BCUT2D eigenvalue weighted by Crippen LogP contribution is 2.15. The van der Waals surface area contributed by atoms with Crippen molar-refractivity contribution in [1.82, 2.24) is 0 Å². The van der Waals surface area contributed by atoms with E-state index in [9.17, 15) is 14.4 Å². The van der Waals surface area contributed by atoms with Crippen molar-refractivity contribution in [3.05, 3.63) is 134 Å². The third-order valence-electron chi connectivity index (χ3n) is 11.7. The normalized spacial score (nSPS) is 13.1. The Hall–Kier alpha value is -4.45. The molecular weight excluding hydrogens is 877 g/mol. The van der Waals surface area contributed by atoms with E-state index < -0.39 is 12.1 Å². The number of carbonyl (C=O) groups excluding carboxylic acids is 3. The van der Waals surface area contributed by atoms with Crippen LogP contribution >= 0.6 is 0 Å². The maximum Gasteiger partial charge on any atom is 0.309 e. The highest BCUT2D eigenvalue weighted by molar-refractivity contribution is 5.72. The third kappa shape index (κ3) is 56.3. The lowest BCUT2D eigenvalue weighted by molar-refractivity contribution is -0.166. The van der Waals surface area contributed by atoms with Gasteiger partial charge in [0, 0.05) is 12.8 Å². The van der Waals surface area contributed by atoms with Crippen LogP contribution in [0.3, 0.4) is 0 Å². The fraction of sp³-hybridized carbons (Fsp3) is 0.615. The van der Waals surface area contributed by atoms with Crippen molar-refractivity contribution in [3.63, 3.8) is 0 Å². The molecule has 0 aliphatic rings. The highest BCUT2D eigenvalue weighted by atomic mass is 16.6. The zero-order valence-corrected chi connectivity index (χ0v) is 45.7. The summed E-state index contributed by atoms with van der Waals surface area (Å²) in [5.74, 6) is -1.16. The number of esters is 3. The summed E-state index contributed by atoms with van der Waals surface area (Å²) in [4.78, 5) is 38.1. The van der Waals surface area contributed by atoms with Crippen LogP contribution < -0.4 is 0 Å². The molecule has 1 unspecified atom stereocenters. The molecular formula is C65H104O6. The Balaban J connectivity index is 4.58. The zero-order valence-electron chi connectivity index (χ0n) is 45.7. The topological polar surface area (TPSA) is 78.9 Å². The number of hydrogen-bond acceptors (Lipinski definition) is 6. The second-order valence-corrected chi connectivity index (χ2v) is 18.5. The first-order chi connectivity index (χ1) is 35.0. The van der Waals surface area contributed by atoms with Crippen molar-refractivity contribution in [2.45, 2.75) is 245 Å². The van der Waals surface area contributed by atoms with E-state index in [1.807, 2.05) is 18.2 Å². The van der Waals surface area contributed by atoms with Gasteiger partial charge in [0.25, 0.3) is 0 Å². The molecule has 0 fully saturated rings. The molecule has 0 spiro atoms. The van der Waals surface area contributed by atoms with Gasteiger partial charge >= 0.3 is 17.9 Å². The summed E-state index contributed by atoms with van der Waals surface area (Å²) in [7, 11) is 0. The number of hydrogen-bond donors (Lipinski definition) is 0. The van der Waals surface area contributed by atoms with Gasteiger partial charge in [-0.05, 0) is 83.5 Å². The molecule has 71 heavy (non-hydrogen) atoms. The van der Waals surface area contributed by atoms with Gasteiger partial charge in [-0.1, -0.05) is 270 Å². The van der Waals surface area contributed by atoms with Crippen LogP contribution in [0.25, 0.3) is 0 Å². The molecule has 0 aliphatic heterocycles. The Labute approximate surface area is 436 Å². The molecule has 0 amide bonds. The monoisotopic (exact) mass is 981 g/mol. The summed E-state index contributed by atoms with van der Waals surface area (Å²) in [6.07, 6.45) is 82.0. The summed E-state index contributed by atoms with van der Waals surface area (Å²) in [6, 6.07) is 0. The molecule has 0 aromatic heterocycles. The molecule has 6 nitrogen and oxygen atoms in total. The number of carbonyl (C=O) groups is 3. The van der Waals surface area contributed by atoms with Gasteiger partial charge < -0.3 is 14.2 Å². The Morgan fingerprint density at radius 1 is 0.310 bits per heavy atom. The first kappa shape index (κ1) is 66.6. The molecule has 0 heterocycles. The van der Waals surface area contributed by atoms with Crippen molar-refractivity contribution < 1.29 is 28.6 Å². The summed E-state index contributed by atoms with van der Waals surface area (Å²) < 4.78 is 16.7. The minimum atomic E-state index is -0.852. The molecule has 6 heteroatoms. The summed E-state index contributed by atoms with van der Waals surface area (Å²) in [5, 5.41) is 0. The second kappa shape index (κ2) is 58.1. The van der Waals surface area contributed by atoms with Crippen LogP contribution in [0, 0.1) is 0 Å². The second-order valence-electron chi connectivity index (χ2n) is 18.5.